The first-order valence-electron chi connectivity index (χ1n) is 8.35. The summed E-state index contributed by atoms with van der Waals surface area (Å²) >= 11 is 0. The van der Waals surface area contributed by atoms with Crippen LogP contribution in [0.4, 0.5) is 0 Å². The summed E-state index contributed by atoms with van der Waals surface area (Å²) < 4.78 is 31.7. The van der Waals surface area contributed by atoms with Crippen LogP contribution in [0.5, 0.6) is 0 Å². The Bertz CT molecular complexity index is 930. The maximum Gasteiger partial charge on any atom is 0.330 e. The molecule has 0 unspecified atom stereocenters. The number of hydrogen-bond acceptors (Lipinski definition) is 5. The second-order valence-corrected chi connectivity index (χ2v) is 8.95. The van der Waals surface area contributed by atoms with E-state index in [-0.39, 0.29) is 12.5 Å². The maximum atomic E-state index is 12.5. The zero-order valence-electron chi connectivity index (χ0n) is 15.0. The zero-order valence-corrected chi connectivity index (χ0v) is 15.8. The highest BCUT2D eigenvalue weighted by Gasteiger charge is 2.27. The quantitative estimate of drug-likeness (QED) is 0.669. The Morgan fingerprint density at radius 3 is 2.46 bits per heavy atom. The van der Waals surface area contributed by atoms with Crippen molar-refractivity contribution in [2.24, 2.45) is 5.41 Å². The van der Waals surface area contributed by atoms with Crippen molar-refractivity contribution in [3.05, 3.63) is 63.4 Å². The molecule has 0 spiro atoms. The molecule has 0 fully saturated rings. The van der Waals surface area contributed by atoms with Gasteiger partial charge in [-0.15, -0.1) is 0 Å². The summed E-state index contributed by atoms with van der Waals surface area (Å²) in [6.07, 6.45) is 2.70. The Labute approximate surface area is 152 Å². The number of aromatic amines is 1. The molecule has 0 aliphatic heterocycles. The van der Waals surface area contributed by atoms with Gasteiger partial charge in [0, 0.05) is 18.9 Å². The third-order valence-electron chi connectivity index (χ3n) is 3.95. The molecule has 0 bridgehead atoms. The molecule has 26 heavy (non-hydrogen) atoms. The van der Waals surface area contributed by atoms with Gasteiger partial charge in [0.25, 0.3) is 5.56 Å². The molecule has 0 amide bonds. The molecule has 8 heteroatoms. The number of hydrogen-bond donors (Lipinski definition) is 1. The molecule has 1 heterocycles. The lowest BCUT2D eigenvalue weighted by atomic mass is 9.90. The second-order valence-electron chi connectivity index (χ2n) is 6.96. The first-order chi connectivity index (χ1) is 12.2. The Hall–Kier alpha value is -2.19. The molecule has 1 aromatic heterocycles. The normalized spacial score (nSPS) is 12.2. The predicted octanol–water partition coefficient (Wildman–Crippen LogP) is 1.79. The van der Waals surface area contributed by atoms with Crippen LogP contribution in [0.1, 0.15) is 26.7 Å². The average molecular weight is 380 g/mol. The van der Waals surface area contributed by atoms with E-state index >= 15 is 0 Å². The van der Waals surface area contributed by atoms with E-state index in [9.17, 15) is 18.0 Å². The van der Waals surface area contributed by atoms with Crippen molar-refractivity contribution in [1.82, 2.24) is 9.55 Å². The number of nitrogens with one attached hydrogen (secondary N) is 1. The van der Waals surface area contributed by atoms with E-state index in [1.54, 1.807) is 30.3 Å². The molecule has 1 aromatic carbocycles. The molecule has 0 saturated carbocycles. The lowest BCUT2D eigenvalue weighted by Crippen LogP contribution is -2.29. The van der Waals surface area contributed by atoms with Gasteiger partial charge in [0.1, 0.15) is 6.73 Å². The summed E-state index contributed by atoms with van der Waals surface area (Å²) in [6, 6.07) is 9.68. The van der Waals surface area contributed by atoms with E-state index in [0.717, 1.165) is 0 Å². The number of sulfone groups is 1. The Kier molecular flexibility index (Phi) is 6.55. The Morgan fingerprint density at radius 2 is 1.81 bits per heavy atom. The molecule has 2 rings (SSSR count). The Morgan fingerprint density at radius 1 is 1.12 bits per heavy atom. The van der Waals surface area contributed by atoms with Crippen LogP contribution in [0.25, 0.3) is 0 Å². The van der Waals surface area contributed by atoms with Gasteiger partial charge in [-0.3, -0.25) is 14.3 Å². The van der Waals surface area contributed by atoms with Gasteiger partial charge >= 0.3 is 5.69 Å². The fourth-order valence-corrected chi connectivity index (χ4v) is 4.57. The predicted molar refractivity (Wildman–Crippen MR) is 98.8 cm³/mol. The third kappa shape index (κ3) is 5.96. The van der Waals surface area contributed by atoms with Crippen molar-refractivity contribution in [1.29, 1.82) is 0 Å². The standard InChI is InChI=1S/C18H24N2O5S/c1-18(2,13-26(23,24)15-7-4-3-5-8-15)10-6-12-25-14-20-11-9-16(21)19-17(20)22/h3-5,7-9,11H,6,10,12-14H2,1-2H3,(H,19,21,22). The second kappa shape index (κ2) is 8.46. The third-order valence-corrected chi connectivity index (χ3v) is 6.10. The summed E-state index contributed by atoms with van der Waals surface area (Å²) in [5.74, 6) is 0.0589. The summed E-state index contributed by atoms with van der Waals surface area (Å²) in [4.78, 5) is 25.0. The highest BCUT2D eigenvalue weighted by molar-refractivity contribution is 7.91. The van der Waals surface area contributed by atoms with E-state index in [1.807, 2.05) is 13.8 Å². The maximum absolute atomic E-state index is 12.5. The number of rotatable bonds is 9. The number of ether oxygens (including phenoxy) is 1. The van der Waals surface area contributed by atoms with E-state index in [1.165, 1.54) is 16.8 Å². The van der Waals surface area contributed by atoms with Crippen molar-refractivity contribution < 1.29 is 13.2 Å². The lowest BCUT2D eigenvalue weighted by molar-refractivity contribution is 0.0663. The largest absolute Gasteiger partial charge is 0.361 e. The van der Waals surface area contributed by atoms with Crippen molar-refractivity contribution in [2.75, 3.05) is 12.4 Å². The highest BCUT2D eigenvalue weighted by Crippen LogP contribution is 2.27. The van der Waals surface area contributed by atoms with E-state index in [4.69, 9.17) is 4.74 Å². The summed E-state index contributed by atoms with van der Waals surface area (Å²) in [7, 11) is -3.33. The average Bonchev–Trinajstić information content (AvgIpc) is 2.56. The van der Waals surface area contributed by atoms with Gasteiger partial charge in [-0.1, -0.05) is 32.0 Å². The minimum atomic E-state index is -3.33. The summed E-state index contributed by atoms with van der Waals surface area (Å²) in [5, 5.41) is 0. The molecule has 0 radical (unpaired) electrons. The van der Waals surface area contributed by atoms with Gasteiger partial charge in [0.2, 0.25) is 0 Å². The number of benzene rings is 1. The van der Waals surface area contributed by atoms with Gasteiger partial charge in [-0.2, -0.15) is 0 Å². The molecule has 2 aromatic rings. The van der Waals surface area contributed by atoms with Crippen molar-refractivity contribution in [2.45, 2.75) is 38.3 Å². The van der Waals surface area contributed by atoms with Crippen LogP contribution in [-0.2, 0) is 21.3 Å². The van der Waals surface area contributed by atoms with Crippen LogP contribution in [0.3, 0.4) is 0 Å². The van der Waals surface area contributed by atoms with Crippen molar-refractivity contribution in [3.8, 4) is 0 Å². The molecule has 0 aliphatic rings. The lowest BCUT2D eigenvalue weighted by Gasteiger charge is -2.24. The highest BCUT2D eigenvalue weighted by atomic mass is 32.2. The molecular weight excluding hydrogens is 356 g/mol. The topological polar surface area (TPSA) is 98.2 Å². The van der Waals surface area contributed by atoms with Gasteiger partial charge in [-0.05, 0) is 30.4 Å². The molecule has 7 nitrogen and oxygen atoms in total. The molecular formula is C18H24N2O5S. The van der Waals surface area contributed by atoms with E-state index < -0.39 is 26.5 Å². The van der Waals surface area contributed by atoms with Gasteiger partial charge in [0.15, 0.2) is 9.84 Å². The summed E-state index contributed by atoms with van der Waals surface area (Å²) in [6.45, 7) is 4.26. The van der Waals surface area contributed by atoms with Gasteiger partial charge < -0.3 is 4.74 Å². The smallest absolute Gasteiger partial charge is 0.330 e. The van der Waals surface area contributed by atoms with Crippen LogP contribution in [0.2, 0.25) is 0 Å². The van der Waals surface area contributed by atoms with Gasteiger partial charge in [-0.25, -0.2) is 13.2 Å². The van der Waals surface area contributed by atoms with Crippen LogP contribution in [-0.4, -0.2) is 30.3 Å². The van der Waals surface area contributed by atoms with Crippen LogP contribution < -0.4 is 11.2 Å². The minimum absolute atomic E-state index is 0.0400. The van der Waals surface area contributed by atoms with Crippen LogP contribution in [0.15, 0.2) is 57.1 Å². The molecule has 142 valence electrons. The van der Waals surface area contributed by atoms with Gasteiger partial charge in [0.05, 0.1) is 10.6 Å². The van der Waals surface area contributed by atoms with Crippen molar-refractivity contribution >= 4 is 9.84 Å². The number of aromatic nitrogens is 2. The SMILES string of the molecule is CC(C)(CCCOCn1ccc(=O)[nH]c1=O)CS(=O)(=O)c1ccccc1. The molecule has 0 saturated heterocycles. The van der Waals surface area contributed by atoms with Crippen LogP contribution in [0, 0.1) is 5.41 Å². The first-order valence-corrected chi connectivity index (χ1v) is 10.0. The zero-order chi connectivity index (χ0) is 19.2. The summed E-state index contributed by atoms with van der Waals surface area (Å²) in [5.41, 5.74) is -1.37. The fourth-order valence-electron chi connectivity index (χ4n) is 2.66. The minimum Gasteiger partial charge on any atom is -0.361 e. The number of nitrogens with zero attached hydrogens (tertiary/aromatic N) is 1. The fraction of sp³-hybridized carbons (Fsp3) is 0.444. The van der Waals surface area contributed by atoms with E-state index in [0.29, 0.717) is 24.3 Å². The van der Waals surface area contributed by atoms with E-state index in [2.05, 4.69) is 4.98 Å². The molecule has 0 atom stereocenters. The monoisotopic (exact) mass is 380 g/mol. The van der Waals surface area contributed by atoms with Crippen LogP contribution >= 0.6 is 0 Å². The number of H-pyrrole nitrogens is 1. The Balaban J connectivity index is 1.81. The van der Waals surface area contributed by atoms with Crippen molar-refractivity contribution in [3.63, 3.8) is 0 Å². The molecule has 1 N–H and O–H groups in total. The first kappa shape index (κ1) is 20.1. The molecule has 0 aliphatic carbocycles.